The summed E-state index contributed by atoms with van der Waals surface area (Å²) in [5.41, 5.74) is 7.92. The lowest BCUT2D eigenvalue weighted by molar-refractivity contribution is 0.191. The molecule has 1 saturated heterocycles. The lowest BCUT2D eigenvalue weighted by Gasteiger charge is -2.17. The summed E-state index contributed by atoms with van der Waals surface area (Å²) in [6, 6.07) is 5.06. The maximum absolute atomic E-state index is 14.2. The van der Waals surface area contributed by atoms with Crippen LogP contribution in [0.25, 0.3) is 0 Å². The molecule has 0 bridgehead atoms. The van der Waals surface area contributed by atoms with Gasteiger partial charge >= 0.3 is 0 Å². The number of hydrogen-bond acceptors (Lipinski definition) is 5. The van der Waals surface area contributed by atoms with E-state index >= 15 is 0 Å². The second-order valence-corrected chi connectivity index (χ2v) is 7.27. The van der Waals surface area contributed by atoms with Crippen molar-refractivity contribution in [2.45, 2.75) is 44.6 Å². The fourth-order valence-corrected chi connectivity index (χ4v) is 3.18. The minimum atomic E-state index is -0.408. The highest BCUT2D eigenvalue weighted by atomic mass is 19.1. The average molecular weight is 342 g/mol. The van der Waals surface area contributed by atoms with E-state index in [9.17, 15) is 4.39 Å². The molecule has 6 heteroatoms. The van der Waals surface area contributed by atoms with E-state index in [0.29, 0.717) is 12.1 Å². The number of aromatic nitrogens is 2. The van der Waals surface area contributed by atoms with Crippen molar-refractivity contribution in [1.29, 1.82) is 0 Å². The molecule has 2 aromatic rings. The smallest absolute Gasteiger partial charge is 0.167 e. The van der Waals surface area contributed by atoms with Crippen molar-refractivity contribution in [2.24, 2.45) is 0 Å². The third-order valence-electron chi connectivity index (χ3n) is 5.02. The Kier molecular flexibility index (Phi) is 3.98. The van der Waals surface area contributed by atoms with Gasteiger partial charge in [-0.05, 0) is 44.2 Å². The van der Waals surface area contributed by atoms with Gasteiger partial charge in [-0.3, -0.25) is 0 Å². The van der Waals surface area contributed by atoms with E-state index in [1.54, 1.807) is 12.4 Å². The summed E-state index contributed by atoms with van der Waals surface area (Å²) in [6.45, 7) is 4.06. The molecule has 5 nitrogen and oxygen atoms in total. The van der Waals surface area contributed by atoms with Crippen LogP contribution in [0.4, 0.5) is 15.9 Å². The molecule has 2 fully saturated rings. The molecule has 0 atom stereocenters. The van der Waals surface area contributed by atoms with Crippen LogP contribution in [-0.2, 0) is 6.42 Å². The number of rotatable bonds is 5. The van der Waals surface area contributed by atoms with Crippen LogP contribution in [0, 0.1) is 5.82 Å². The molecule has 25 heavy (non-hydrogen) atoms. The highest BCUT2D eigenvalue weighted by Gasteiger charge is 2.40. The third kappa shape index (κ3) is 3.52. The van der Waals surface area contributed by atoms with E-state index in [1.807, 2.05) is 13.0 Å². The van der Waals surface area contributed by atoms with E-state index in [2.05, 4.69) is 14.9 Å². The molecule has 0 amide bonds. The van der Waals surface area contributed by atoms with Crippen LogP contribution in [0.2, 0.25) is 0 Å². The number of nitrogens with two attached hydrogens (primary N) is 1. The van der Waals surface area contributed by atoms with Gasteiger partial charge in [-0.15, -0.1) is 0 Å². The van der Waals surface area contributed by atoms with E-state index in [-0.39, 0.29) is 11.4 Å². The fourth-order valence-electron chi connectivity index (χ4n) is 3.18. The highest BCUT2D eigenvalue weighted by Crippen LogP contribution is 2.41. The Morgan fingerprint density at radius 3 is 2.68 bits per heavy atom. The molecular weight excluding hydrogens is 319 g/mol. The van der Waals surface area contributed by atoms with Crippen LogP contribution in [0.15, 0.2) is 24.5 Å². The zero-order chi connectivity index (χ0) is 17.4. The first-order chi connectivity index (χ1) is 12.0. The summed E-state index contributed by atoms with van der Waals surface area (Å²) >= 11 is 0. The maximum Gasteiger partial charge on any atom is 0.167 e. The van der Waals surface area contributed by atoms with Gasteiger partial charge in [-0.25, -0.2) is 14.4 Å². The van der Waals surface area contributed by atoms with Crippen molar-refractivity contribution in [3.8, 4) is 5.75 Å². The highest BCUT2D eigenvalue weighted by molar-refractivity contribution is 5.53. The Bertz CT molecular complexity index is 785. The number of benzene rings is 1. The Morgan fingerprint density at radius 1 is 1.20 bits per heavy atom. The van der Waals surface area contributed by atoms with Crippen molar-refractivity contribution in [3.05, 3.63) is 41.6 Å². The predicted octanol–water partition coefficient (Wildman–Crippen LogP) is 3.32. The number of hydrogen-bond donors (Lipinski definition) is 1. The normalized spacial score (nSPS) is 18.4. The number of nitrogens with zero attached hydrogens (tertiary/aromatic N) is 3. The van der Waals surface area contributed by atoms with Crippen LogP contribution in [0.1, 0.15) is 43.9 Å². The SMILES string of the molecule is CC1(Oc2cc(Cc3cc(N4CCCC4)ncn3)c(N)cc2F)CC1. The molecular formula is C19H23FN4O. The molecule has 4 rings (SSSR count). The first-order valence-corrected chi connectivity index (χ1v) is 8.85. The minimum Gasteiger partial charge on any atom is -0.484 e. The van der Waals surface area contributed by atoms with Gasteiger partial charge in [0.1, 0.15) is 17.7 Å². The summed E-state index contributed by atoms with van der Waals surface area (Å²) in [5.74, 6) is 0.818. The standard InChI is InChI=1S/C19H23FN4O/c1-19(4-5-19)25-17-9-13(16(21)11-15(17)20)8-14-10-18(23-12-22-14)24-6-2-3-7-24/h9-12H,2-8,21H2,1H3. The topological polar surface area (TPSA) is 64.3 Å². The number of nitrogen functional groups attached to an aromatic ring is 1. The maximum atomic E-state index is 14.2. The lowest BCUT2D eigenvalue weighted by atomic mass is 10.1. The van der Waals surface area contributed by atoms with Gasteiger partial charge < -0.3 is 15.4 Å². The Balaban J connectivity index is 1.57. The van der Waals surface area contributed by atoms with Crippen molar-refractivity contribution < 1.29 is 9.13 Å². The van der Waals surface area contributed by atoms with E-state index in [1.165, 1.54) is 18.9 Å². The Labute approximate surface area is 147 Å². The summed E-state index contributed by atoms with van der Waals surface area (Å²) in [5, 5.41) is 0. The largest absolute Gasteiger partial charge is 0.484 e. The molecule has 132 valence electrons. The second-order valence-electron chi connectivity index (χ2n) is 7.27. The predicted molar refractivity (Wildman–Crippen MR) is 95.4 cm³/mol. The zero-order valence-corrected chi connectivity index (χ0v) is 14.5. The summed E-state index contributed by atoms with van der Waals surface area (Å²) in [4.78, 5) is 11.0. The molecule has 2 N–H and O–H groups in total. The van der Waals surface area contributed by atoms with E-state index < -0.39 is 5.82 Å². The van der Waals surface area contributed by atoms with Crippen LogP contribution in [-0.4, -0.2) is 28.7 Å². The Hall–Kier alpha value is -2.37. The van der Waals surface area contributed by atoms with Gasteiger partial charge in [0.2, 0.25) is 0 Å². The van der Waals surface area contributed by atoms with Crippen molar-refractivity contribution >= 4 is 11.5 Å². The molecule has 2 aliphatic rings. The summed E-state index contributed by atoms with van der Waals surface area (Å²) < 4.78 is 20.0. The van der Waals surface area contributed by atoms with E-state index in [0.717, 1.165) is 43.0 Å². The molecule has 1 saturated carbocycles. The average Bonchev–Trinajstić information content (AvgIpc) is 3.10. The van der Waals surface area contributed by atoms with Gasteiger partial charge in [0, 0.05) is 37.3 Å². The molecule has 1 aliphatic carbocycles. The van der Waals surface area contributed by atoms with Gasteiger partial charge in [-0.1, -0.05) is 0 Å². The first kappa shape index (κ1) is 16.1. The second kappa shape index (κ2) is 6.17. The molecule has 0 spiro atoms. The molecule has 2 heterocycles. The zero-order valence-electron chi connectivity index (χ0n) is 14.5. The summed E-state index contributed by atoms with van der Waals surface area (Å²) in [6.07, 6.45) is 6.43. The van der Waals surface area contributed by atoms with E-state index in [4.69, 9.17) is 10.5 Å². The van der Waals surface area contributed by atoms with Crippen LogP contribution in [0.5, 0.6) is 5.75 Å². The van der Waals surface area contributed by atoms with Crippen LogP contribution < -0.4 is 15.4 Å². The quantitative estimate of drug-likeness (QED) is 0.845. The molecule has 1 aliphatic heterocycles. The van der Waals surface area contributed by atoms with Crippen molar-refractivity contribution in [2.75, 3.05) is 23.7 Å². The molecule has 1 aromatic carbocycles. The van der Waals surface area contributed by atoms with Gasteiger partial charge in [0.25, 0.3) is 0 Å². The fraction of sp³-hybridized carbons (Fsp3) is 0.474. The number of ether oxygens (including phenoxy) is 1. The van der Waals surface area contributed by atoms with Gasteiger partial charge in [-0.2, -0.15) is 0 Å². The monoisotopic (exact) mass is 342 g/mol. The van der Waals surface area contributed by atoms with Gasteiger partial charge in [0.05, 0.1) is 5.69 Å². The summed E-state index contributed by atoms with van der Waals surface area (Å²) in [7, 11) is 0. The van der Waals surface area contributed by atoms with Gasteiger partial charge in [0.15, 0.2) is 11.6 Å². The minimum absolute atomic E-state index is 0.230. The lowest BCUT2D eigenvalue weighted by Crippen LogP contribution is -2.19. The Morgan fingerprint density at radius 2 is 1.96 bits per heavy atom. The molecule has 0 radical (unpaired) electrons. The molecule has 0 unspecified atom stereocenters. The van der Waals surface area contributed by atoms with Crippen LogP contribution >= 0.6 is 0 Å². The number of anilines is 2. The third-order valence-corrected chi connectivity index (χ3v) is 5.02. The number of halogens is 1. The molecule has 1 aromatic heterocycles. The van der Waals surface area contributed by atoms with Crippen molar-refractivity contribution in [1.82, 2.24) is 9.97 Å². The first-order valence-electron chi connectivity index (χ1n) is 8.85. The van der Waals surface area contributed by atoms with Crippen molar-refractivity contribution in [3.63, 3.8) is 0 Å². The van der Waals surface area contributed by atoms with Crippen LogP contribution in [0.3, 0.4) is 0 Å².